The Morgan fingerprint density at radius 1 is 1.55 bits per heavy atom. The number of nitrogens with two attached hydrogens (primary N) is 1. The number of fused-ring (bicyclic) bond motifs is 1. The molecule has 1 fully saturated rings. The van der Waals surface area contributed by atoms with Crippen LogP contribution >= 0.6 is 0 Å². The summed E-state index contributed by atoms with van der Waals surface area (Å²) in [6.07, 6.45) is 4.88. The summed E-state index contributed by atoms with van der Waals surface area (Å²) in [7, 11) is 0. The molecule has 6 nitrogen and oxygen atoms in total. The fourth-order valence-electron chi connectivity index (χ4n) is 2.79. The van der Waals surface area contributed by atoms with Gasteiger partial charge in [0.25, 0.3) is 0 Å². The van der Waals surface area contributed by atoms with Crippen molar-refractivity contribution < 1.29 is 4.79 Å². The van der Waals surface area contributed by atoms with Gasteiger partial charge < -0.3 is 15.6 Å². The third kappa shape index (κ3) is 2.51. The summed E-state index contributed by atoms with van der Waals surface area (Å²) >= 11 is 0. The molecule has 20 heavy (non-hydrogen) atoms. The summed E-state index contributed by atoms with van der Waals surface area (Å²) in [5.41, 5.74) is 7.32. The molecule has 1 atom stereocenters. The van der Waals surface area contributed by atoms with Crippen molar-refractivity contribution in [3.05, 3.63) is 24.2 Å². The number of nitrogens with one attached hydrogen (secondary N) is 1. The molecule has 3 heterocycles. The summed E-state index contributed by atoms with van der Waals surface area (Å²) in [4.78, 5) is 25.9. The summed E-state index contributed by atoms with van der Waals surface area (Å²) < 4.78 is 0. The summed E-state index contributed by atoms with van der Waals surface area (Å²) in [5, 5.41) is 0. The Kier molecular flexibility index (Phi) is 3.64. The van der Waals surface area contributed by atoms with Crippen LogP contribution in [0.3, 0.4) is 0 Å². The van der Waals surface area contributed by atoms with Gasteiger partial charge in [-0.2, -0.15) is 0 Å². The Hall–Kier alpha value is -1.95. The van der Waals surface area contributed by atoms with Gasteiger partial charge in [0.15, 0.2) is 5.65 Å². The highest BCUT2D eigenvalue weighted by atomic mass is 16.2. The molecule has 3 rings (SSSR count). The monoisotopic (exact) mass is 273 g/mol. The second kappa shape index (κ2) is 5.58. The number of hydrogen-bond donors (Lipinski definition) is 2. The van der Waals surface area contributed by atoms with Crippen molar-refractivity contribution in [2.45, 2.75) is 31.7 Å². The largest absolute Gasteiger partial charge is 0.341 e. The van der Waals surface area contributed by atoms with E-state index in [-0.39, 0.29) is 11.9 Å². The van der Waals surface area contributed by atoms with Gasteiger partial charge in [0.1, 0.15) is 5.82 Å². The van der Waals surface area contributed by atoms with Gasteiger partial charge in [0.05, 0.1) is 5.52 Å². The first-order valence-corrected chi connectivity index (χ1v) is 7.07. The van der Waals surface area contributed by atoms with Crippen molar-refractivity contribution in [2.24, 2.45) is 5.73 Å². The van der Waals surface area contributed by atoms with Gasteiger partial charge in [0.2, 0.25) is 5.91 Å². The molecule has 2 aromatic rings. The minimum Gasteiger partial charge on any atom is -0.341 e. The maximum atomic E-state index is 12.2. The SMILES string of the molecule is NCC1CCCN1C(=O)CCc1nc2ncccc2[nH]1. The number of aromatic nitrogens is 3. The molecule has 3 N–H and O–H groups in total. The van der Waals surface area contributed by atoms with Crippen LogP contribution in [0.2, 0.25) is 0 Å². The topological polar surface area (TPSA) is 87.9 Å². The van der Waals surface area contributed by atoms with Crippen LogP contribution in [0, 0.1) is 0 Å². The second-order valence-corrected chi connectivity index (χ2v) is 5.18. The number of aryl methyl sites for hydroxylation is 1. The lowest BCUT2D eigenvalue weighted by Crippen LogP contribution is -2.40. The van der Waals surface area contributed by atoms with E-state index in [0.29, 0.717) is 25.0 Å². The normalized spacial score (nSPS) is 18.9. The fourth-order valence-corrected chi connectivity index (χ4v) is 2.79. The zero-order chi connectivity index (χ0) is 13.9. The number of hydrogen-bond acceptors (Lipinski definition) is 4. The first-order chi connectivity index (χ1) is 9.78. The average molecular weight is 273 g/mol. The zero-order valence-corrected chi connectivity index (χ0v) is 11.4. The van der Waals surface area contributed by atoms with Gasteiger partial charge in [-0.15, -0.1) is 0 Å². The van der Waals surface area contributed by atoms with Gasteiger partial charge in [-0.1, -0.05) is 0 Å². The number of nitrogens with zero attached hydrogens (tertiary/aromatic N) is 3. The minimum absolute atomic E-state index is 0.173. The fraction of sp³-hybridized carbons (Fsp3) is 0.500. The van der Waals surface area contributed by atoms with Crippen molar-refractivity contribution in [2.75, 3.05) is 13.1 Å². The Morgan fingerprint density at radius 3 is 3.25 bits per heavy atom. The van der Waals surface area contributed by atoms with E-state index in [1.54, 1.807) is 6.20 Å². The molecule has 1 aliphatic rings. The highest BCUT2D eigenvalue weighted by Crippen LogP contribution is 2.18. The van der Waals surface area contributed by atoms with E-state index < -0.39 is 0 Å². The van der Waals surface area contributed by atoms with Crippen LogP contribution < -0.4 is 5.73 Å². The third-order valence-electron chi connectivity index (χ3n) is 3.85. The molecule has 1 saturated heterocycles. The number of imidazole rings is 1. The van der Waals surface area contributed by atoms with Gasteiger partial charge in [0, 0.05) is 38.2 Å². The van der Waals surface area contributed by atoms with Crippen molar-refractivity contribution in [3.63, 3.8) is 0 Å². The van der Waals surface area contributed by atoms with Gasteiger partial charge in [-0.3, -0.25) is 4.79 Å². The molecule has 1 unspecified atom stereocenters. The lowest BCUT2D eigenvalue weighted by molar-refractivity contribution is -0.131. The van der Waals surface area contributed by atoms with E-state index in [9.17, 15) is 4.79 Å². The van der Waals surface area contributed by atoms with E-state index in [1.807, 2.05) is 17.0 Å². The maximum Gasteiger partial charge on any atom is 0.223 e. The van der Waals surface area contributed by atoms with Crippen molar-refractivity contribution in [1.82, 2.24) is 19.9 Å². The van der Waals surface area contributed by atoms with Crippen molar-refractivity contribution in [1.29, 1.82) is 0 Å². The van der Waals surface area contributed by atoms with Crippen molar-refractivity contribution >= 4 is 17.1 Å². The second-order valence-electron chi connectivity index (χ2n) is 5.18. The Morgan fingerprint density at radius 2 is 2.45 bits per heavy atom. The van der Waals surface area contributed by atoms with Crippen molar-refractivity contribution in [3.8, 4) is 0 Å². The molecule has 0 aliphatic carbocycles. The smallest absolute Gasteiger partial charge is 0.223 e. The van der Waals surface area contributed by atoms with Crippen LogP contribution in [-0.4, -0.2) is 44.9 Å². The quantitative estimate of drug-likeness (QED) is 0.864. The molecular formula is C14H19N5O. The molecule has 6 heteroatoms. The highest BCUT2D eigenvalue weighted by Gasteiger charge is 2.27. The molecule has 0 aromatic carbocycles. The number of amides is 1. The first-order valence-electron chi connectivity index (χ1n) is 7.07. The molecule has 0 spiro atoms. The molecule has 106 valence electrons. The number of likely N-dealkylation sites (tertiary alicyclic amines) is 1. The molecule has 0 saturated carbocycles. The number of carbonyl (C=O) groups is 1. The number of carbonyl (C=O) groups excluding carboxylic acids is 1. The van der Waals surface area contributed by atoms with Crippen LogP contribution in [0.4, 0.5) is 0 Å². The predicted molar refractivity (Wildman–Crippen MR) is 76.0 cm³/mol. The van der Waals surface area contributed by atoms with Gasteiger partial charge >= 0.3 is 0 Å². The molecule has 0 bridgehead atoms. The molecule has 1 aliphatic heterocycles. The van der Waals surface area contributed by atoms with E-state index in [0.717, 1.165) is 30.7 Å². The highest BCUT2D eigenvalue weighted by molar-refractivity contribution is 5.77. The molecule has 0 radical (unpaired) electrons. The van der Waals surface area contributed by atoms with Crippen LogP contribution in [0.25, 0.3) is 11.2 Å². The van der Waals surface area contributed by atoms with Crippen LogP contribution in [0.1, 0.15) is 25.1 Å². The number of rotatable bonds is 4. The average Bonchev–Trinajstić information content (AvgIpc) is 3.10. The molecule has 2 aromatic heterocycles. The van der Waals surface area contributed by atoms with E-state index in [4.69, 9.17) is 5.73 Å². The molecule has 1 amide bonds. The standard InChI is InChI=1S/C14H19N5O/c15-9-10-3-2-8-19(10)13(20)6-5-12-17-11-4-1-7-16-14(11)18-12/h1,4,7,10H,2-3,5-6,8-9,15H2,(H,16,17,18). The van der Waals surface area contributed by atoms with E-state index >= 15 is 0 Å². The summed E-state index contributed by atoms with van der Waals surface area (Å²) in [6, 6.07) is 4.02. The van der Waals surface area contributed by atoms with E-state index in [1.165, 1.54) is 0 Å². The Balaban J connectivity index is 1.62. The third-order valence-corrected chi connectivity index (χ3v) is 3.85. The first kappa shape index (κ1) is 13.1. The number of pyridine rings is 1. The summed E-state index contributed by atoms with van der Waals surface area (Å²) in [5.74, 6) is 0.988. The number of aromatic amines is 1. The van der Waals surface area contributed by atoms with Crippen LogP contribution in [0.5, 0.6) is 0 Å². The number of H-pyrrole nitrogens is 1. The lowest BCUT2D eigenvalue weighted by Gasteiger charge is -2.23. The van der Waals surface area contributed by atoms with Gasteiger partial charge in [-0.25, -0.2) is 9.97 Å². The van der Waals surface area contributed by atoms with Crippen LogP contribution in [0.15, 0.2) is 18.3 Å². The molecular weight excluding hydrogens is 254 g/mol. The Labute approximate surface area is 117 Å². The van der Waals surface area contributed by atoms with Crippen LogP contribution in [-0.2, 0) is 11.2 Å². The summed E-state index contributed by atoms with van der Waals surface area (Å²) in [6.45, 7) is 1.39. The van der Waals surface area contributed by atoms with E-state index in [2.05, 4.69) is 15.0 Å². The predicted octanol–water partition coefficient (Wildman–Crippen LogP) is 0.840. The minimum atomic E-state index is 0.173. The zero-order valence-electron chi connectivity index (χ0n) is 11.4. The Bertz CT molecular complexity index is 575. The lowest BCUT2D eigenvalue weighted by atomic mass is 10.2. The maximum absolute atomic E-state index is 12.2. The van der Waals surface area contributed by atoms with Gasteiger partial charge in [-0.05, 0) is 25.0 Å².